The van der Waals surface area contributed by atoms with Gasteiger partial charge in [-0.15, -0.1) is 11.3 Å². The Morgan fingerprint density at radius 1 is 1.50 bits per heavy atom. The summed E-state index contributed by atoms with van der Waals surface area (Å²) in [5, 5.41) is 0. The van der Waals surface area contributed by atoms with Crippen molar-refractivity contribution in [2.45, 2.75) is 32.1 Å². The van der Waals surface area contributed by atoms with Crippen LogP contribution in [0.15, 0.2) is 12.1 Å². The zero-order chi connectivity index (χ0) is 13.3. The third-order valence-corrected chi connectivity index (χ3v) is 4.49. The second-order valence-electron chi connectivity index (χ2n) is 4.91. The number of thiophene rings is 1. The number of rotatable bonds is 3. The highest BCUT2D eigenvalue weighted by Crippen LogP contribution is 2.35. The highest BCUT2D eigenvalue weighted by Gasteiger charge is 2.33. The first-order valence-corrected chi connectivity index (χ1v) is 6.82. The number of likely N-dealkylation sites (tertiary alicyclic amines) is 1. The van der Waals surface area contributed by atoms with Crippen LogP contribution in [0.4, 0.5) is 13.2 Å². The molecule has 2 rings (SSSR count). The van der Waals surface area contributed by atoms with E-state index in [1.807, 2.05) is 6.92 Å². The van der Waals surface area contributed by atoms with Crippen molar-refractivity contribution in [2.75, 3.05) is 13.1 Å². The van der Waals surface area contributed by atoms with E-state index < -0.39 is 11.1 Å². The molecule has 0 aromatic carbocycles. The molecule has 0 amide bonds. The molecule has 1 aliphatic rings. The summed E-state index contributed by atoms with van der Waals surface area (Å²) in [6.07, 6.45) is -3.18. The zero-order valence-electron chi connectivity index (χ0n) is 10.2. The summed E-state index contributed by atoms with van der Waals surface area (Å²) in [6, 6.07) is 2.90. The predicted octanol–water partition coefficient (Wildman–Crippen LogP) is 2.94. The van der Waals surface area contributed by atoms with Crippen LogP contribution in [0.2, 0.25) is 0 Å². The van der Waals surface area contributed by atoms with Crippen LogP contribution in [-0.4, -0.2) is 24.0 Å². The molecule has 6 heteroatoms. The molecule has 2 nitrogen and oxygen atoms in total. The second kappa shape index (κ2) is 5.19. The molecule has 2 heterocycles. The first kappa shape index (κ1) is 13.8. The molecule has 2 N–H and O–H groups in total. The van der Waals surface area contributed by atoms with Crippen LogP contribution in [0.3, 0.4) is 0 Å². The molecular formula is C12H17F3N2S. The van der Waals surface area contributed by atoms with E-state index in [0.29, 0.717) is 12.5 Å². The first-order chi connectivity index (χ1) is 8.36. The van der Waals surface area contributed by atoms with Gasteiger partial charge in [-0.3, -0.25) is 4.90 Å². The van der Waals surface area contributed by atoms with Crippen LogP contribution in [0.5, 0.6) is 0 Å². The molecular weight excluding hydrogens is 261 g/mol. The Kier molecular flexibility index (Phi) is 3.99. The van der Waals surface area contributed by atoms with E-state index >= 15 is 0 Å². The number of alkyl halides is 3. The number of nitrogens with two attached hydrogens (primary N) is 1. The van der Waals surface area contributed by atoms with E-state index in [9.17, 15) is 13.2 Å². The van der Waals surface area contributed by atoms with Crippen LogP contribution >= 0.6 is 11.3 Å². The lowest BCUT2D eigenvalue weighted by Crippen LogP contribution is -2.29. The molecule has 0 saturated carbocycles. The maximum atomic E-state index is 12.5. The van der Waals surface area contributed by atoms with Crippen molar-refractivity contribution in [1.82, 2.24) is 4.90 Å². The number of nitrogens with zero attached hydrogens (tertiary/aromatic N) is 1. The molecule has 1 aromatic heterocycles. The average Bonchev–Trinajstić information content (AvgIpc) is 2.85. The first-order valence-electron chi connectivity index (χ1n) is 6.00. The van der Waals surface area contributed by atoms with Gasteiger partial charge in [-0.1, -0.05) is 0 Å². The summed E-state index contributed by atoms with van der Waals surface area (Å²) >= 11 is 0.838. The standard InChI is InChI=1S/C12H17F3N2S/c1-8(16)9-4-5-17(6-9)7-10-2-3-11(18-10)12(13,14)15/h2-3,8-9H,4-7,16H2,1H3. The van der Waals surface area contributed by atoms with Gasteiger partial charge in [0, 0.05) is 24.0 Å². The monoisotopic (exact) mass is 278 g/mol. The lowest BCUT2D eigenvalue weighted by molar-refractivity contribution is -0.134. The van der Waals surface area contributed by atoms with Crippen molar-refractivity contribution in [3.63, 3.8) is 0 Å². The van der Waals surface area contributed by atoms with Crippen molar-refractivity contribution in [3.05, 3.63) is 21.9 Å². The highest BCUT2D eigenvalue weighted by molar-refractivity contribution is 7.12. The minimum Gasteiger partial charge on any atom is -0.328 e. The maximum Gasteiger partial charge on any atom is 0.425 e. The Morgan fingerprint density at radius 2 is 2.22 bits per heavy atom. The van der Waals surface area contributed by atoms with Gasteiger partial charge in [-0.05, 0) is 37.9 Å². The van der Waals surface area contributed by atoms with Crippen molar-refractivity contribution in [3.8, 4) is 0 Å². The van der Waals surface area contributed by atoms with Crippen LogP contribution in [0.1, 0.15) is 23.1 Å². The van der Waals surface area contributed by atoms with Gasteiger partial charge < -0.3 is 5.73 Å². The molecule has 1 aliphatic heterocycles. The summed E-state index contributed by atoms with van der Waals surface area (Å²) in [7, 11) is 0. The lowest BCUT2D eigenvalue weighted by atomic mass is 10.0. The Labute approximate surface area is 109 Å². The van der Waals surface area contributed by atoms with Gasteiger partial charge in [-0.25, -0.2) is 0 Å². The number of halogens is 3. The summed E-state index contributed by atoms with van der Waals surface area (Å²) in [4.78, 5) is 2.44. The SMILES string of the molecule is CC(N)C1CCN(Cc2ccc(C(F)(F)F)s2)C1. The van der Waals surface area contributed by atoms with E-state index in [1.165, 1.54) is 6.07 Å². The van der Waals surface area contributed by atoms with E-state index in [2.05, 4.69) is 4.90 Å². The zero-order valence-corrected chi connectivity index (χ0v) is 11.0. The molecule has 18 heavy (non-hydrogen) atoms. The molecule has 1 saturated heterocycles. The van der Waals surface area contributed by atoms with Gasteiger partial charge >= 0.3 is 6.18 Å². The Bertz CT molecular complexity index is 400. The number of hydrogen-bond donors (Lipinski definition) is 1. The molecule has 2 unspecified atom stereocenters. The highest BCUT2D eigenvalue weighted by atomic mass is 32.1. The third kappa shape index (κ3) is 3.24. The van der Waals surface area contributed by atoms with E-state index in [4.69, 9.17) is 5.73 Å². The second-order valence-corrected chi connectivity index (χ2v) is 6.08. The van der Waals surface area contributed by atoms with Crippen LogP contribution in [0, 0.1) is 5.92 Å². The Balaban J connectivity index is 1.93. The smallest absolute Gasteiger partial charge is 0.328 e. The van der Waals surface area contributed by atoms with Crippen LogP contribution < -0.4 is 5.73 Å². The summed E-state index contributed by atoms with van der Waals surface area (Å²) in [5.74, 6) is 0.465. The fraction of sp³-hybridized carbons (Fsp3) is 0.667. The topological polar surface area (TPSA) is 29.3 Å². The van der Waals surface area contributed by atoms with E-state index in [-0.39, 0.29) is 6.04 Å². The van der Waals surface area contributed by atoms with Gasteiger partial charge in [0.05, 0.1) is 0 Å². The van der Waals surface area contributed by atoms with Gasteiger partial charge in [0.2, 0.25) is 0 Å². The molecule has 0 bridgehead atoms. The molecule has 0 spiro atoms. The van der Waals surface area contributed by atoms with E-state index in [0.717, 1.165) is 35.7 Å². The predicted molar refractivity (Wildman–Crippen MR) is 66.4 cm³/mol. The quantitative estimate of drug-likeness (QED) is 0.921. The van der Waals surface area contributed by atoms with Gasteiger partial charge in [0.15, 0.2) is 0 Å². The fourth-order valence-electron chi connectivity index (χ4n) is 2.27. The molecule has 0 radical (unpaired) electrons. The Hall–Kier alpha value is -0.590. The fourth-order valence-corrected chi connectivity index (χ4v) is 3.19. The molecule has 1 aromatic rings. The summed E-state index contributed by atoms with van der Waals surface area (Å²) in [6.45, 7) is 4.40. The maximum absolute atomic E-state index is 12.5. The van der Waals surface area contributed by atoms with E-state index in [1.54, 1.807) is 6.07 Å². The molecule has 2 atom stereocenters. The van der Waals surface area contributed by atoms with Crippen LogP contribution in [0.25, 0.3) is 0 Å². The van der Waals surface area contributed by atoms with Crippen molar-refractivity contribution in [2.24, 2.45) is 11.7 Å². The van der Waals surface area contributed by atoms with Gasteiger partial charge in [0.25, 0.3) is 0 Å². The Morgan fingerprint density at radius 3 is 2.72 bits per heavy atom. The molecule has 1 fully saturated rings. The lowest BCUT2D eigenvalue weighted by Gasteiger charge is -2.16. The number of hydrogen-bond acceptors (Lipinski definition) is 3. The summed E-state index contributed by atoms with van der Waals surface area (Å²) in [5.41, 5.74) is 5.84. The minimum absolute atomic E-state index is 0.157. The van der Waals surface area contributed by atoms with Crippen molar-refractivity contribution in [1.29, 1.82) is 0 Å². The molecule has 0 aliphatic carbocycles. The van der Waals surface area contributed by atoms with Crippen molar-refractivity contribution >= 4 is 11.3 Å². The van der Waals surface area contributed by atoms with Crippen LogP contribution in [-0.2, 0) is 12.7 Å². The normalized spacial score (nSPS) is 23.5. The largest absolute Gasteiger partial charge is 0.425 e. The van der Waals surface area contributed by atoms with Crippen molar-refractivity contribution < 1.29 is 13.2 Å². The van der Waals surface area contributed by atoms with Gasteiger partial charge in [0.1, 0.15) is 4.88 Å². The average molecular weight is 278 g/mol. The van der Waals surface area contributed by atoms with Gasteiger partial charge in [-0.2, -0.15) is 13.2 Å². The third-order valence-electron chi connectivity index (χ3n) is 3.37. The molecule has 102 valence electrons. The minimum atomic E-state index is -4.22. The summed E-state index contributed by atoms with van der Waals surface area (Å²) < 4.78 is 37.4.